The van der Waals surface area contributed by atoms with E-state index >= 15 is 0 Å². The van der Waals surface area contributed by atoms with Crippen molar-refractivity contribution in [3.05, 3.63) is 64.7 Å². The lowest BCUT2D eigenvalue weighted by Crippen LogP contribution is -2.15. The van der Waals surface area contributed by atoms with Crippen LogP contribution in [0.3, 0.4) is 0 Å². The van der Waals surface area contributed by atoms with Crippen LogP contribution in [0.4, 0.5) is 4.39 Å². The van der Waals surface area contributed by atoms with Crippen molar-refractivity contribution in [1.82, 2.24) is 4.98 Å². The number of benzene rings is 1. The maximum atomic E-state index is 13.5. The minimum absolute atomic E-state index is 0.373. The molecule has 0 saturated heterocycles. The highest BCUT2D eigenvalue weighted by Gasteiger charge is 2.11. The van der Waals surface area contributed by atoms with Crippen LogP contribution in [-0.2, 0) is 6.42 Å². The summed E-state index contributed by atoms with van der Waals surface area (Å²) < 4.78 is 13.5. The van der Waals surface area contributed by atoms with Gasteiger partial charge in [-0.05, 0) is 30.2 Å². The fourth-order valence-corrected chi connectivity index (χ4v) is 1.93. The Morgan fingerprint density at radius 1 is 1.35 bits per heavy atom. The molecule has 0 aliphatic rings. The molecule has 2 N–H and O–H groups in total. The number of hydrogen-bond donors (Lipinski definition) is 1. The number of nitrogens with zero attached hydrogens (tertiary/aromatic N) is 1. The van der Waals surface area contributed by atoms with Crippen LogP contribution in [0.15, 0.2) is 42.7 Å². The molecule has 0 amide bonds. The average Bonchev–Trinajstić information content (AvgIpc) is 2.29. The first kappa shape index (κ1) is 12.0. The smallest absolute Gasteiger partial charge is 0.146 e. The molecule has 0 bridgehead atoms. The van der Waals surface area contributed by atoms with Gasteiger partial charge in [0.25, 0.3) is 0 Å². The predicted octanol–water partition coefficient (Wildman–Crippen LogP) is 3.12. The molecular formula is C13H12ClFN2. The van der Waals surface area contributed by atoms with Crippen LogP contribution in [0.2, 0.25) is 5.02 Å². The van der Waals surface area contributed by atoms with Gasteiger partial charge in [-0.2, -0.15) is 0 Å². The summed E-state index contributed by atoms with van der Waals surface area (Å²) in [6.07, 6.45) is 3.25. The normalized spacial score (nSPS) is 12.4. The van der Waals surface area contributed by atoms with Gasteiger partial charge in [0.15, 0.2) is 0 Å². The number of nitrogens with two attached hydrogens (primary N) is 1. The van der Waals surface area contributed by atoms with Crippen LogP contribution in [0.25, 0.3) is 0 Å². The van der Waals surface area contributed by atoms with Crippen molar-refractivity contribution in [2.24, 2.45) is 5.73 Å². The van der Waals surface area contributed by atoms with E-state index in [1.165, 1.54) is 12.4 Å². The molecule has 0 aliphatic heterocycles. The third-order valence-electron chi connectivity index (χ3n) is 2.55. The zero-order valence-electron chi connectivity index (χ0n) is 9.11. The van der Waals surface area contributed by atoms with Gasteiger partial charge in [0.2, 0.25) is 0 Å². The first-order valence-electron chi connectivity index (χ1n) is 5.26. The van der Waals surface area contributed by atoms with Gasteiger partial charge in [-0.1, -0.05) is 23.7 Å². The van der Waals surface area contributed by atoms with Crippen molar-refractivity contribution in [3.63, 3.8) is 0 Å². The van der Waals surface area contributed by atoms with Gasteiger partial charge in [-0.3, -0.25) is 4.98 Å². The van der Waals surface area contributed by atoms with E-state index in [0.29, 0.717) is 17.0 Å². The molecule has 0 fully saturated rings. The van der Waals surface area contributed by atoms with Gasteiger partial charge in [-0.25, -0.2) is 4.39 Å². The molecule has 2 aromatic rings. The van der Waals surface area contributed by atoms with Gasteiger partial charge in [0.1, 0.15) is 5.82 Å². The van der Waals surface area contributed by atoms with Crippen LogP contribution in [-0.4, -0.2) is 4.98 Å². The minimum Gasteiger partial charge on any atom is -0.324 e. The molecule has 17 heavy (non-hydrogen) atoms. The molecule has 4 heteroatoms. The van der Waals surface area contributed by atoms with Crippen LogP contribution in [0, 0.1) is 5.82 Å². The van der Waals surface area contributed by atoms with Crippen molar-refractivity contribution in [2.45, 2.75) is 12.5 Å². The summed E-state index contributed by atoms with van der Waals surface area (Å²) in [5, 5.41) is 0.657. The Hall–Kier alpha value is -1.45. The van der Waals surface area contributed by atoms with Crippen LogP contribution >= 0.6 is 11.6 Å². The summed E-state index contributed by atoms with van der Waals surface area (Å²) in [6.45, 7) is 0. The van der Waals surface area contributed by atoms with Gasteiger partial charge >= 0.3 is 0 Å². The fourth-order valence-electron chi connectivity index (χ4n) is 1.71. The number of aromatic nitrogens is 1. The van der Waals surface area contributed by atoms with Gasteiger partial charge in [-0.15, -0.1) is 0 Å². The fraction of sp³-hybridized carbons (Fsp3) is 0.154. The highest BCUT2D eigenvalue weighted by Crippen LogP contribution is 2.20. The number of hydrogen-bond acceptors (Lipinski definition) is 2. The molecule has 0 spiro atoms. The second-order valence-electron chi connectivity index (χ2n) is 3.84. The summed E-state index contributed by atoms with van der Waals surface area (Å²) >= 11 is 5.88. The summed E-state index contributed by atoms with van der Waals surface area (Å²) in [6, 6.07) is 8.61. The van der Waals surface area contributed by atoms with E-state index in [0.717, 1.165) is 5.56 Å². The van der Waals surface area contributed by atoms with E-state index in [1.807, 2.05) is 18.2 Å². The van der Waals surface area contributed by atoms with E-state index in [9.17, 15) is 4.39 Å². The first-order chi connectivity index (χ1) is 8.16. The second kappa shape index (κ2) is 5.25. The lowest BCUT2D eigenvalue weighted by Gasteiger charge is -2.12. The summed E-state index contributed by atoms with van der Waals surface area (Å²) in [7, 11) is 0. The average molecular weight is 251 g/mol. The zero-order valence-corrected chi connectivity index (χ0v) is 9.86. The number of rotatable bonds is 3. The standard InChI is InChI=1S/C13H12ClFN2/c14-10-3-1-2-9(6-10)7-13(16)11-4-5-17-8-12(11)15/h1-6,8,13H,7,16H2. The predicted molar refractivity (Wildman–Crippen MR) is 66.3 cm³/mol. The SMILES string of the molecule is NC(Cc1cccc(Cl)c1)c1ccncc1F. The molecule has 1 aromatic carbocycles. The van der Waals surface area contributed by atoms with E-state index in [2.05, 4.69) is 4.98 Å². The lowest BCUT2D eigenvalue weighted by atomic mass is 10.0. The van der Waals surface area contributed by atoms with Crippen LogP contribution in [0.1, 0.15) is 17.2 Å². The van der Waals surface area contributed by atoms with Crippen LogP contribution < -0.4 is 5.73 Å². The molecule has 1 aromatic heterocycles. The Kier molecular flexibility index (Phi) is 3.71. The Labute approximate surface area is 104 Å². The highest BCUT2D eigenvalue weighted by atomic mass is 35.5. The van der Waals surface area contributed by atoms with Crippen LogP contribution in [0.5, 0.6) is 0 Å². The Morgan fingerprint density at radius 3 is 2.88 bits per heavy atom. The molecule has 88 valence electrons. The van der Waals surface area contributed by atoms with Crippen molar-refractivity contribution < 1.29 is 4.39 Å². The maximum Gasteiger partial charge on any atom is 0.146 e. The number of halogens is 2. The lowest BCUT2D eigenvalue weighted by molar-refractivity contribution is 0.574. The topological polar surface area (TPSA) is 38.9 Å². The molecule has 0 aliphatic carbocycles. The molecule has 1 unspecified atom stereocenters. The summed E-state index contributed by atoms with van der Waals surface area (Å²) in [5.74, 6) is -0.373. The Balaban J connectivity index is 2.17. The molecule has 0 radical (unpaired) electrons. The third kappa shape index (κ3) is 3.02. The molecule has 2 nitrogen and oxygen atoms in total. The largest absolute Gasteiger partial charge is 0.324 e. The summed E-state index contributed by atoms with van der Waals surface area (Å²) in [4.78, 5) is 3.70. The number of pyridine rings is 1. The highest BCUT2D eigenvalue weighted by molar-refractivity contribution is 6.30. The van der Waals surface area contributed by atoms with E-state index in [-0.39, 0.29) is 5.82 Å². The second-order valence-corrected chi connectivity index (χ2v) is 4.27. The monoisotopic (exact) mass is 250 g/mol. The van der Waals surface area contributed by atoms with E-state index in [1.54, 1.807) is 12.1 Å². The summed E-state index contributed by atoms with van der Waals surface area (Å²) in [5.41, 5.74) is 7.43. The molecular weight excluding hydrogens is 239 g/mol. The van der Waals surface area contributed by atoms with Crippen molar-refractivity contribution in [3.8, 4) is 0 Å². The molecule has 1 heterocycles. The third-order valence-corrected chi connectivity index (χ3v) is 2.78. The van der Waals surface area contributed by atoms with Crippen molar-refractivity contribution in [1.29, 1.82) is 0 Å². The molecule has 1 atom stereocenters. The van der Waals surface area contributed by atoms with Crippen molar-refractivity contribution in [2.75, 3.05) is 0 Å². The van der Waals surface area contributed by atoms with Gasteiger partial charge in [0, 0.05) is 22.8 Å². The Bertz CT molecular complexity index is 516. The zero-order chi connectivity index (χ0) is 12.3. The minimum atomic E-state index is -0.392. The van der Waals surface area contributed by atoms with Gasteiger partial charge < -0.3 is 5.73 Å². The first-order valence-corrected chi connectivity index (χ1v) is 5.64. The molecule has 2 rings (SSSR count). The Morgan fingerprint density at radius 2 is 2.18 bits per heavy atom. The van der Waals surface area contributed by atoms with E-state index in [4.69, 9.17) is 17.3 Å². The van der Waals surface area contributed by atoms with Gasteiger partial charge in [0.05, 0.1) is 6.20 Å². The van der Waals surface area contributed by atoms with Crippen molar-refractivity contribution >= 4 is 11.6 Å². The van der Waals surface area contributed by atoms with E-state index < -0.39 is 6.04 Å². The maximum absolute atomic E-state index is 13.5. The quantitative estimate of drug-likeness (QED) is 0.909. The molecule has 0 saturated carbocycles.